The molecule has 0 bridgehead atoms. The third kappa shape index (κ3) is 4.70. The Hall–Kier alpha value is -6.16. The molecular formula is C46H29NOS. The zero-order valence-corrected chi connectivity index (χ0v) is 27.3. The Kier molecular flexibility index (Phi) is 6.39. The molecule has 0 unspecified atom stereocenters. The average molecular weight is 644 g/mol. The fraction of sp³-hybridized carbons (Fsp3) is 0. The van der Waals surface area contributed by atoms with Crippen LogP contribution in [0.5, 0.6) is 0 Å². The lowest BCUT2D eigenvalue weighted by molar-refractivity contribution is 0.670. The molecule has 2 aromatic heterocycles. The third-order valence-electron chi connectivity index (χ3n) is 9.65. The molecule has 3 heteroatoms. The summed E-state index contributed by atoms with van der Waals surface area (Å²) in [6.07, 6.45) is 0. The Labute approximate surface area is 287 Å². The summed E-state index contributed by atoms with van der Waals surface area (Å²) in [6.45, 7) is 0. The minimum atomic E-state index is 0.914. The SMILES string of the molecule is c1ccc(N(c2ccc(-c3ccc4cc5sc6ccccc6c5cc4c3)cc2)c2ccc(-c3cccc4c3oc3ccccc34)cc2)cc1. The number of anilines is 3. The van der Waals surface area contributed by atoms with E-state index in [4.69, 9.17) is 4.42 Å². The number of fused-ring (bicyclic) bond motifs is 7. The summed E-state index contributed by atoms with van der Waals surface area (Å²) in [7, 11) is 0. The van der Waals surface area contributed by atoms with Crippen molar-refractivity contribution in [3.05, 3.63) is 176 Å². The molecule has 230 valence electrons. The van der Waals surface area contributed by atoms with Gasteiger partial charge in [0.15, 0.2) is 0 Å². The predicted octanol–water partition coefficient (Wildman–Crippen LogP) is 13.9. The fourth-order valence-corrected chi connectivity index (χ4v) is 8.38. The van der Waals surface area contributed by atoms with Crippen molar-refractivity contribution in [2.24, 2.45) is 0 Å². The molecule has 10 rings (SSSR count). The quantitative estimate of drug-likeness (QED) is 0.186. The summed E-state index contributed by atoms with van der Waals surface area (Å²) in [5, 5.41) is 7.49. The highest BCUT2D eigenvalue weighted by atomic mass is 32.1. The van der Waals surface area contributed by atoms with Gasteiger partial charge in [0.25, 0.3) is 0 Å². The van der Waals surface area contributed by atoms with E-state index in [9.17, 15) is 0 Å². The third-order valence-corrected chi connectivity index (χ3v) is 10.8. The first-order valence-corrected chi connectivity index (χ1v) is 17.4. The molecule has 2 nitrogen and oxygen atoms in total. The van der Waals surface area contributed by atoms with Crippen LogP contribution in [0.1, 0.15) is 0 Å². The fourth-order valence-electron chi connectivity index (χ4n) is 7.24. The number of hydrogen-bond donors (Lipinski definition) is 0. The van der Waals surface area contributed by atoms with Crippen LogP contribution >= 0.6 is 11.3 Å². The Bertz CT molecular complexity index is 2810. The molecule has 8 aromatic carbocycles. The Morgan fingerprint density at radius 3 is 1.86 bits per heavy atom. The van der Waals surface area contributed by atoms with Crippen LogP contribution < -0.4 is 4.90 Å². The van der Waals surface area contributed by atoms with Gasteiger partial charge in [-0.25, -0.2) is 0 Å². The van der Waals surface area contributed by atoms with Crippen LogP contribution in [-0.4, -0.2) is 0 Å². The molecule has 0 N–H and O–H groups in total. The molecule has 0 saturated heterocycles. The van der Waals surface area contributed by atoms with Crippen LogP contribution in [0.25, 0.3) is 75.1 Å². The summed E-state index contributed by atoms with van der Waals surface area (Å²) in [6, 6.07) is 63.2. The number of para-hydroxylation sites is 3. The van der Waals surface area contributed by atoms with Crippen LogP contribution in [0, 0.1) is 0 Å². The first-order valence-electron chi connectivity index (χ1n) is 16.6. The lowest BCUT2D eigenvalue weighted by atomic mass is 9.99. The molecule has 0 fully saturated rings. The van der Waals surface area contributed by atoms with E-state index in [0.717, 1.165) is 50.1 Å². The normalized spacial score (nSPS) is 11.7. The molecule has 0 amide bonds. The first-order chi connectivity index (χ1) is 24.3. The molecule has 0 spiro atoms. The first kappa shape index (κ1) is 27.9. The number of thiophene rings is 1. The van der Waals surface area contributed by atoms with Crippen LogP contribution in [0.3, 0.4) is 0 Å². The molecular weight excluding hydrogens is 615 g/mol. The van der Waals surface area contributed by atoms with E-state index in [1.54, 1.807) is 0 Å². The van der Waals surface area contributed by atoms with Gasteiger partial charge in [-0.3, -0.25) is 0 Å². The van der Waals surface area contributed by atoms with Gasteiger partial charge >= 0.3 is 0 Å². The van der Waals surface area contributed by atoms with Crippen LogP contribution in [0.15, 0.2) is 180 Å². The summed E-state index contributed by atoms with van der Waals surface area (Å²) in [4.78, 5) is 2.31. The van der Waals surface area contributed by atoms with Crippen LogP contribution in [0.4, 0.5) is 17.1 Å². The van der Waals surface area contributed by atoms with Crippen molar-refractivity contribution in [2.45, 2.75) is 0 Å². The van der Waals surface area contributed by atoms with E-state index in [1.807, 2.05) is 23.5 Å². The number of rotatable bonds is 5. The molecule has 10 aromatic rings. The van der Waals surface area contributed by atoms with E-state index in [-0.39, 0.29) is 0 Å². The molecule has 2 heterocycles. The van der Waals surface area contributed by atoms with Crippen LogP contribution in [0.2, 0.25) is 0 Å². The van der Waals surface area contributed by atoms with Gasteiger partial charge in [-0.2, -0.15) is 0 Å². The standard InChI is InChI=1S/C46H29NOS/c1-2-9-35(10-3-1)47(37-25-21-31(22-26-37)38-13-8-14-41-39-11-4-6-15-43(39)48-46(38)41)36-23-19-30(20-24-36)32-17-18-33-29-45-42(28-34(33)27-32)40-12-5-7-16-44(40)49-45/h1-29H. The Morgan fingerprint density at radius 2 is 1.04 bits per heavy atom. The highest BCUT2D eigenvalue weighted by Crippen LogP contribution is 2.40. The average Bonchev–Trinajstić information content (AvgIpc) is 3.73. The van der Waals surface area contributed by atoms with E-state index in [0.29, 0.717) is 0 Å². The maximum absolute atomic E-state index is 6.35. The zero-order valence-electron chi connectivity index (χ0n) is 26.5. The number of benzene rings is 8. The highest BCUT2D eigenvalue weighted by molar-refractivity contribution is 7.25. The molecule has 0 atom stereocenters. The summed E-state index contributed by atoms with van der Waals surface area (Å²) in [5.74, 6) is 0. The minimum absolute atomic E-state index is 0.914. The van der Waals surface area contributed by atoms with Crippen molar-refractivity contribution in [3.8, 4) is 22.3 Å². The second-order valence-electron chi connectivity index (χ2n) is 12.6. The van der Waals surface area contributed by atoms with Gasteiger partial charge in [-0.1, -0.05) is 109 Å². The monoisotopic (exact) mass is 643 g/mol. The topological polar surface area (TPSA) is 16.4 Å². The Morgan fingerprint density at radius 1 is 0.388 bits per heavy atom. The van der Waals surface area contributed by atoms with Gasteiger partial charge in [-0.05, 0) is 94.2 Å². The molecule has 0 aliphatic carbocycles. The summed E-state index contributed by atoms with van der Waals surface area (Å²) in [5.41, 5.74) is 9.79. The van der Waals surface area contributed by atoms with Gasteiger partial charge < -0.3 is 9.32 Å². The van der Waals surface area contributed by atoms with E-state index in [2.05, 4.69) is 169 Å². The number of furan rings is 1. The van der Waals surface area contributed by atoms with Gasteiger partial charge in [0.05, 0.1) is 0 Å². The van der Waals surface area contributed by atoms with Crippen molar-refractivity contribution in [1.82, 2.24) is 0 Å². The van der Waals surface area contributed by atoms with Gasteiger partial charge in [0.2, 0.25) is 0 Å². The lowest BCUT2D eigenvalue weighted by Crippen LogP contribution is -2.09. The molecule has 0 aliphatic rings. The van der Waals surface area contributed by atoms with Gasteiger partial charge in [0, 0.05) is 53.6 Å². The largest absolute Gasteiger partial charge is 0.455 e. The van der Waals surface area contributed by atoms with E-state index in [1.165, 1.54) is 42.1 Å². The predicted molar refractivity (Wildman–Crippen MR) is 210 cm³/mol. The second kappa shape index (κ2) is 11.2. The molecule has 0 aliphatic heterocycles. The van der Waals surface area contributed by atoms with Crippen molar-refractivity contribution in [2.75, 3.05) is 4.90 Å². The van der Waals surface area contributed by atoms with Gasteiger partial charge in [0.1, 0.15) is 11.2 Å². The van der Waals surface area contributed by atoms with Crippen molar-refractivity contribution >= 4 is 81.3 Å². The summed E-state index contributed by atoms with van der Waals surface area (Å²) >= 11 is 1.87. The zero-order chi connectivity index (χ0) is 32.3. The summed E-state index contributed by atoms with van der Waals surface area (Å²) < 4.78 is 9.02. The van der Waals surface area contributed by atoms with E-state index >= 15 is 0 Å². The second-order valence-corrected chi connectivity index (χ2v) is 13.6. The lowest BCUT2D eigenvalue weighted by Gasteiger charge is -2.26. The van der Waals surface area contributed by atoms with Crippen molar-refractivity contribution in [1.29, 1.82) is 0 Å². The highest BCUT2D eigenvalue weighted by Gasteiger charge is 2.16. The van der Waals surface area contributed by atoms with Crippen LogP contribution in [-0.2, 0) is 0 Å². The smallest absolute Gasteiger partial charge is 0.143 e. The Balaban J connectivity index is 1.01. The number of hydrogen-bond acceptors (Lipinski definition) is 3. The molecule has 0 saturated carbocycles. The molecule has 0 radical (unpaired) electrons. The maximum atomic E-state index is 6.35. The van der Waals surface area contributed by atoms with Gasteiger partial charge in [-0.15, -0.1) is 11.3 Å². The van der Waals surface area contributed by atoms with Crippen molar-refractivity contribution in [3.63, 3.8) is 0 Å². The maximum Gasteiger partial charge on any atom is 0.143 e. The minimum Gasteiger partial charge on any atom is -0.455 e. The van der Waals surface area contributed by atoms with Crippen molar-refractivity contribution < 1.29 is 4.42 Å². The number of nitrogens with zero attached hydrogens (tertiary/aromatic N) is 1. The van der Waals surface area contributed by atoms with E-state index < -0.39 is 0 Å². The molecule has 49 heavy (non-hydrogen) atoms.